The lowest BCUT2D eigenvalue weighted by Crippen LogP contribution is -2.42. The summed E-state index contributed by atoms with van der Waals surface area (Å²) in [5.74, 6) is -5.90. The number of hydrogen-bond donors (Lipinski definition) is 2. The predicted molar refractivity (Wildman–Crippen MR) is 288 cm³/mol. The monoisotopic (exact) mass is 1270 g/mol. The second kappa shape index (κ2) is 30.4. The first-order valence-electron chi connectivity index (χ1n) is 24.6. The van der Waals surface area contributed by atoms with Gasteiger partial charge in [-0.1, -0.05) is 0 Å². The third-order valence-electron chi connectivity index (χ3n) is 11.2. The SMILES string of the molecule is CCOC(=O)c1c[nH]c(=O)n(-c2ccc(F)cc2)c1=O.CCOC(=O)c1cn(CC(F)F)c(=O)n(-c2ccc(F)cc2)c1=O.O=C(Cl)c1cn(CC(F)F)c(=O)n(-c2ccc(F)cc2)c1=O.O=C(O)c1cn(CC(F)F)c(=O)n(-c2ccc(F)cc2)c1=O. The summed E-state index contributed by atoms with van der Waals surface area (Å²) in [6, 6.07) is 17.2. The molecule has 0 atom stereocenters. The summed E-state index contributed by atoms with van der Waals surface area (Å²) >= 11 is 5.24. The molecule has 0 fully saturated rings. The van der Waals surface area contributed by atoms with Gasteiger partial charge in [0.25, 0.3) is 46.8 Å². The number of alkyl halides is 6. The van der Waals surface area contributed by atoms with E-state index in [1.54, 1.807) is 6.92 Å². The van der Waals surface area contributed by atoms with Gasteiger partial charge in [0.1, 0.15) is 45.5 Å². The normalized spacial score (nSPS) is 10.8. The van der Waals surface area contributed by atoms with Crippen LogP contribution in [0.5, 0.6) is 0 Å². The molecule has 0 aliphatic rings. The maximum atomic E-state index is 13.0. The van der Waals surface area contributed by atoms with Crippen LogP contribution < -0.4 is 45.0 Å². The van der Waals surface area contributed by atoms with Crippen LogP contribution in [0, 0.1) is 23.3 Å². The molecular weight excluding hydrogens is 1230 g/mol. The summed E-state index contributed by atoms with van der Waals surface area (Å²) < 4.78 is 140. The number of carboxylic acid groups (broad SMARTS) is 1. The minimum absolute atomic E-state index is 0.0389. The van der Waals surface area contributed by atoms with Crippen LogP contribution in [0.3, 0.4) is 0 Å². The minimum atomic E-state index is -2.92. The molecule has 0 saturated carbocycles. The van der Waals surface area contributed by atoms with Gasteiger partial charge in [0, 0.05) is 24.8 Å². The number of carboxylic acids is 1. The molecule has 0 aliphatic heterocycles. The van der Waals surface area contributed by atoms with Crippen molar-refractivity contribution in [3.63, 3.8) is 0 Å². The first-order valence-corrected chi connectivity index (χ1v) is 25.0. The molecule has 88 heavy (non-hydrogen) atoms. The van der Waals surface area contributed by atoms with Crippen LogP contribution in [0.2, 0.25) is 0 Å². The van der Waals surface area contributed by atoms with Crippen LogP contribution >= 0.6 is 11.6 Å². The summed E-state index contributed by atoms with van der Waals surface area (Å²) in [6.07, 6.45) is -5.67. The second-order valence-electron chi connectivity index (χ2n) is 17.1. The number of H-pyrrole nitrogens is 1. The Morgan fingerprint density at radius 2 is 0.716 bits per heavy atom. The molecule has 0 amide bonds. The Hall–Kier alpha value is -10.7. The van der Waals surface area contributed by atoms with Crippen LogP contribution in [-0.2, 0) is 29.1 Å². The first kappa shape index (κ1) is 68.1. The van der Waals surface area contributed by atoms with E-state index in [0.29, 0.717) is 39.8 Å². The van der Waals surface area contributed by atoms with E-state index in [4.69, 9.17) is 26.2 Å². The Labute approximate surface area is 487 Å². The topological polar surface area (TPSA) is 294 Å². The quantitative estimate of drug-likeness (QED) is 0.0704. The summed E-state index contributed by atoms with van der Waals surface area (Å²) in [5.41, 5.74) is -10.6. The zero-order chi connectivity index (χ0) is 65.4. The third kappa shape index (κ3) is 17.0. The van der Waals surface area contributed by atoms with E-state index in [1.165, 1.54) is 19.1 Å². The maximum absolute atomic E-state index is 13.0. The Morgan fingerprint density at radius 1 is 0.443 bits per heavy atom. The van der Waals surface area contributed by atoms with Crippen molar-refractivity contribution in [1.29, 1.82) is 0 Å². The number of rotatable bonds is 16. The number of carbonyl (C=O) groups excluding carboxylic acids is 3. The molecule has 0 unspecified atom stereocenters. The number of ether oxygens (including phenoxy) is 2. The van der Waals surface area contributed by atoms with Crippen LogP contribution in [0.25, 0.3) is 22.7 Å². The zero-order valence-corrected chi connectivity index (χ0v) is 45.5. The highest BCUT2D eigenvalue weighted by Crippen LogP contribution is 2.11. The van der Waals surface area contributed by atoms with Gasteiger partial charge in [-0.05, 0) is 123 Å². The molecule has 4 aromatic heterocycles. The average Bonchev–Trinajstić information content (AvgIpc) is 0.931. The van der Waals surface area contributed by atoms with E-state index in [-0.39, 0.29) is 41.5 Å². The van der Waals surface area contributed by atoms with Crippen molar-refractivity contribution in [1.82, 2.24) is 37.0 Å². The average molecular weight is 1270 g/mol. The fourth-order valence-electron chi connectivity index (χ4n) is 7.38. The number of benzene rings is 4. The lowest BCUT2D eigenvalue weighted by atomic mass is 10.2. The molecule has 2 N–H and O–H groups in total. The van der Waals surface area contributed by atoms with Gasteiger partial charge in [0.2, 0.25) is 0 Å². The van der Waals surface area contributed by atoms with Crippen molar-refractivity contribution in [2.24, 2.45) is 0 Å². The molecule has 0 saturated heterocycles. The molecule has 4 aromatic carbocycles. The van der Waals surface area contributed by atoms with Gasteiger partial charge in [0.05, 0.1) is 55.6 Å². The summed E-state index contributed by atoms with van der Waals surface area (Å²) in [5, 5.41) is 7.76. The Balaban J connectivity index is 0.000000214. The van der Waals surface area contributed by atoms with Crippen molar-refractivity contribution in [3.05, 3.63) is 251 Å². The Kier molecular flexibility index (Phi) is 23.5. The highest BCUT2D eigenvalue weighted by molar-refractivity contribution is 6.67. The molecule has 0 bridgehead atoms. The van der Waals surface area contributed by atoms with E-state index in [2.05, 4.69) is 4.98 Å². The third-order valence-corrected chi connectivity index (χ3v) is 11.4. The molecule has 4 heterocycles. The number of esters is 2. The molecule has 464 valence electrons. The van der Waals surface area contributed by atoms with Crippen molar-refractivity contribution in [2.75, 3.05) is 13.2 Å². The first-order chi connectivity index (χ1) is 41.5. The van der Waals surface area contributed by atoms with E-state index in [0.717, 1.165) is 102 Å². The number of aromatic amines is 1. The minimum Gasteiger partial charge on any atom is -0.477 e. The second-order valence-corrected chi connectivity index (χ2v) is 17.4. The summed E-state index contributed by atoms with van der Waals surface area (Å²) in [7, 11) is 0. The lowest BCUT2D eigenvalue weighted by Gasteiger charge is -2.12. The van der Waals surface area contributed by atoms with E-state index < -0.39 is 147 Å². The van der Waals surface area contributed by atoms with Gasteiger partial charge < -0.3 is 19.6 Å². The smallest absolute Gasteiger partial charge is 0.345 e. The van der Waals surface area contributed by atoms with Gasteiger partial charge in [-0.2, -0.15) is 0 Å². The number of nitrogens with one attached hydrogen (secondary N) is 1. The maximum Gasteiger partial charge on any atom is 0.345 e. The Bertz CT molecular complexity index is 4230. The van der Waals surface area contributed by atoms with Gasteiger partial charge in [-0.15, -0.1) is 0 Å². The van der Waals surface area contributed by atoms with Crippen molar-refractivity contribution in [2.45, 2.75) is 52.8 Å². The number of hydrogen-bond acceptors (Lipinski definition) is 14. The van der Waals surface area contributed by atoms with Gasteiger partial charge in [0.15, 0.2) is 0 Å². The fourth-order valence-corrected chi connectivity index (χ4v) is 7.51. The van der Waals surface area contributed by atoms with Crippen LogP contribution in [0.15, 0.2) is 160 Å². The lowest BCUT2D eigenvalue weighted by molar-refractivity contribution is 0.0512. The van der Waals surface area contributed by atoms with Gasteiger partial charge in [-0.25, -0.2) is 95.7 Å². The van der Waals surface area contributed by atoms with Crippen LogP contribution in [0.4, 0.5) is 43.9 Å². The zero-order valence-electron chi connectivity index (χ0n) is 44.8. The number of carbonyl (C=O) groups is 4. The van der Waals surface area contributed by atoms with Gasteiger partial charge >= 0.3 is 40.7 Å². The molecule has 8 aromatic rings. The van der Waals surface area contributed by atoms with E-state index in [1.807, 2.05) is 0 Å². The summed E-state index contributed by atoms with van der Waals surface area (Å²) in [4.78, 5) is 145. The molecule has 34 heteroatoms. The Morgan fingerprint density at radius 3 is 1.02 bits per heavy atom. The summed E-state index contributed by atoms with van der Waals surface area (Å²) in [6.45, 7) is 0.0786. The number of nitrogens with zero attached hydrogens (tertiary/aromatic N) is 7. The molecular formula is C54H41ClF10N8O15. The standard InChI is InChI=1S/C15H13F3N2O4.C13H8ClF3N2O3.C13H9F3N2O4.C13H11FN2O4/c1-2-24-14(22)11-7-19(8-12(17)18)15(23)20(13(11)21)10-5-3-9(16)4-6-10;14-11(20)9-5-18(6-10(16)17)13(22)19(12(9)21)8-3-1-7(15)2-4-8;14-7-1-3-8(4-2-7)18-11(19)9(12(20)21)5-17(13(18)22)6-10(15)16;1-2-20-12(18)10-7-15-13(19)16(11(10)17)9-5-3-8(14)4-6-9/h3-7,12H,2,8H2,1H3;1-5,10H,6H2;1-5,10H,6H2,(H,20,21);3-7H,2H2,1H3,(H,15,19). The molecule has 0 radical (unpaired) electrons. The van der Waals surface area contributed by atoms with E-state index >= 15 is 0 Å². The van der Waals surface area contributed by atoms with Crippen molar-refractivity contribution < 1.29 is 77.7 Å². The van der Waals surface area contributed by atoms with Crippen LogP contribution in [-0.4, -0.2) is 97.7 Å². The molecule has 23 nitrogen and oxygen atoms in total. The highest BCUT2D eigenvalue weighted by atomic mass is 35.5. The van der Waals surface area contributed by atoms with E-state index in [9.17, 15) is 101 Å². The highest BCUT2D eigenvalue weighted by Gasteiger charge is 2.24. The number of aromatic carboxylic acids is 1. The number of aromatic nitrogens is 8. The van der Waals surface area contributed by atoms with Crippen LogP contribution in [0.1, 0.15) is 55.3 Å². The number of halogens is 11. The fraction of sp³-hybridized carbons (Fsp3) is 0.185. The largest absolute Gasteiger partial charge is 0.477 e. The molecule has 0 spiro atoms. The van der Waals surface area contributed by atoms with Crippen molar-refractivity contribution >= 4 is 34.8 Å². The van der Waals surface area contributed by atoms with Crippen molar-refractivity contribution in [3.8, 4) is 22.7 Å². The molecule has 8 rings (SSSR count). The molecule has 0 aliphatic carbocycles. The predicted octanol–water partition coefficient (Wildman–Crippen LogP) is 5.31. The van der Waals surface area contributed by atoms with Gasteiger partial charge in [-0.3, -0.25) is 37.7 Å².